The molecule has 6 nitrogen and oxygen atoms in total. The summed E-state index contributed by atoms with van der Waals surface area (Å²) in [6.45, 7) is 7.52. The Labute approximate surface area is 118 Å². The molecule has 0 aromatic carbocycles. The molecular weight excluding hydrogens is 260 g/mol. The van der Waals surface area contributed by atoms with E-state index in [4.69, 9.17) is 4.74 Å². The first-order valence-corrected chi connectivity index (χ1v) is 6.82. The molecule has 20 heavy (non-hydrogen) atoms. The predicted octanol–water partition coefficient (Wildman–Crippen LogP) is 2.21. The zero-order chi connectivity index (χ0) is 15.1. The Kier molecular flexibility index (Phi) is 3.44. The maximum Gasteiger partial charge on any atom is 0.408 e. The van der Waals surface area contributed by atoms with Gasteiger partial charge in [-0.05, 0) is 34.1 Å². The largest absolute Gasteiger partial charge is 0.465 e. The first-order chi connectivity index (χ1) is 9.13. The van der Waals surface area contributed by atoms with Gasteiger partial charge in [0.25, 0.3) is 0 Å². The fraction of sp³-hybridized carbons (Fsp3) is 0.714. The Bertz CT molecular complexity index is 455. The molecule has 2 N–H and O–H groups in total. The van der Waals surface area contributed by atoms with Crippen molar-refractivity contribution < 1.29 is 19.4 Å². The van der Waals surface area contributed by atoms with E-state index < -0.39 is 23.3 Å². The van der Waals surface area contributed by atoms with Crippen molar-refractivity contribution in [2.45, 2.75) is 51.3 Å². The number of carboxylic acid groups (broad SMARTS) is 1. The molecule has 0 spiro atoms. The zero-order valence-corrected chi connectivity index (χ0v) is 12.3. The Morgan fingerprint density at radius 3 is 2.60 bits per heavy atom. The van der Waals surface area contributed by atoms with E-state index in [1.54, 1.807) is 20.8 Å². The molecule has 2 amide bonds. The summed E-state index contributed by atoms with van der Waals surface area (Å²) >= 11 is 0. The van der Waals surface area contributed by atoms with Crippen LogP contribution in [-0.4, -0.2) is 45.9 Å². The molecule has 6 heteroatoms. The highest BCUT2D eigenvalue weighted by atomic mass is 16.6. The number of ether oxygens (including phenoxy) is 1. The number of nitrogens with zero attached hydrogens (tertiary/aromatic N) is 1. The van der Waals surface area contributed by atoms with Crippen LogP contribution in [-0.2, 0) is 4.74 Å². The van der Waals surface area contributed by atoms with Gasteiger partial charge in [0, 0.05) is 12.5 Å². The van der Waals surface area contributed by atoms with Crippen LogP contribution >= 0.6 is 0 Å². The van der Waals surface area contributed by atoms with Crippen molar-refractivity contribution in [1.82, 2.24) is 10.2 Å². The molecule has 1 saturated carbocycles. The number of nitrogens with one attached hydrogen (secondary N) is 1. The number of hydrogen-bond acceptors (Lipinski definition) is 3. The summed E-state index contributed by atoms with van der Waals surface area (Å²) in [6.07, 6.45) is 3.16. The van der Waals surface area contributed by atoms with Gasteiger partial charge in [-0.3, -0.25) is 4.90 Å². The lowest BCUT2D eigenvalue weighted by Crippen LogP contribution is -2.51. The lowest BCUT2D eigenvalue weighted by Gasteiger charge is -2.29. The first kappa shape index (κ1) is 14.7. The second kappa shape index (κ2) is 4.68. The second-order valence-electron chi connectivity index (χ2n) is 6.63. The third kappa shape index (κ3) is 3.05. The minimum Gasteiger partial charge on any atom is -0.465 e. The fourth-order valence-electron chi connectivity index (χ4n) is 2.55. The maximum atomic E-state index is 11.9. The van der Waals surface area contributed by atoms with E-state index in [0.717, 1.165) is 6.42 Å². The molecule has 1 fully saturated rings. The molecule has 0 aromatic heterocycles. The molecule has 1 aliphatic heterocycles. The van der Waals surface area contributed by atoms with Gasteiger partial charge in [0.05, 0.1) is 11.6 Å². The number of carbonyl (C=O) groups is 2. The topological polar surface area (TPSA) is 78.9 Å². The summed E-state index contributed by atoms with van der Waals surface area (Å²) in [4.78, 5) is 24.5. The highest BCUT2D eigenvalue weighted by Crippen LogP contribution is 2.47. The molecule has 2 rings (SSSR count). The maximum absolute atomic E-state index is 11.9. The smallest absolute Gasteiger partial charge is 0.408 e. The van der Waals surface area contributed by atoms with E-state index in [9.17, 15) is 14.7 Å². The summed E-state index contributed by atoms with van der Waals surface area (Å²) in [5.74, 6) is 0.182. The summed E-state index contributed by atoms with van der Waals surface area (Å²) in [5.41, 5.74) is -1.08. The Balaban J connectivity index is 2.07. The molecule has 0 saturated heterocycles. The Morgan fingerprint density at radius 1 is 1.40 bits per heavy atom. The normalized spacial score (nSPS) is 32.1. The monoisotopic (exact) mass is 282 g/mol. The third-order valence-corrected chi connectivity index (χ3v) is 3.70. The number of amides is 2. The lowest BCUT2D eigenvalue weighted by atomic mass is 10.2. The first-order valence-electron chi connectivity index (χ1n) is 6.82. The molecule has 0 aromatic rings. The van der Waals surface area contributed by atoms with E-state index in [2.05, 4.69) is 5.32 Å². The van der Waals surface area contributed by atoms with Crippen molar-refractivity contribution in [3.8, 4) is 0 Å². The van der Waals surface area contributed by atoms with Crippen LogP contribution in [0.3, 0.4) is 0 Å². The van der Waals surface area contributed by atoms with Crippen molar-refractivity contribution in [3.63, 3.8) is 0 Å². The van der Waals surface area contributed by atoms with Crippen LogP contribution in [0.15, 0.2) is 12.2 Å². The van der Waals surface area contributed by atoms with Gasteiger partial charge >= 0.3 is 12.2 Å². The van der Waals surface area contributed by atoms with Gasteiger partial charge in [-0.25, -0.2) is 9.59 Å². The standard InChI is InChI=1S/C14H22N2O4/c1-9-5-6-10-7-14(10,8-16(9)12(18)19)15-11(17)20-13(2,3)4/h5-6,9-10H,7-8H2,1-4H3,(H,15,17)(H,18,19)/t9-,10-,14+/m1/s1. The molecule has 2 aliphatic rings. The molecule has 3 atom stereocenters. The molecule has 0 radical (unpaired) electrons. The van der Waals surface area contributed by atoms with Gasteiger partial charge in [-0.2, -0.15) is 0 Å². The van der Waals surface area contributed by atoms with Crippen LogP contribution in [0.2, 0.25) is 0 Å². The number of carbonyl (C=O) groups excluding carboxylic acids is 1. The van der Waals surface area contributed by atoms with Crippen molar-refractivity contribution in [1.29, 1.82) is 0 Å². The second-order valence-corrected chi connectivity index (χ2v) is 6.63. The highest BCUT2D eigenvalue weighted by Gasteiger charge is 2.57. The minimum atomic E-state index is -0.972. The van der Waals surface area contributed by atoms with E-state index >= 15 is 0 Å². The number of rotatable bonds is 1. The van der Waals surface area contributed by atoms with Crippen LogP contribution < -0.4 is 5.32 Å². The van der Waals surface area contributed by atoms with Crippen molar-refractivity contribution in [2.24, 2.45) is 5.92 Å². The summed E-state index contributed by atoms with van der Waals surface area (Å²) in [6, 6.07) is -0.183. The van der Waals surface area contributed by atoms with Crippen LogP contribution in [0, 0.1) is 5.92 Å². The third-order valence-electron chi connectivity index (χ3n) is 3.70. The van der Waals surface area contributed by atoms with Crippen molar-refractivity contribution in [3.05, 3.63) is 12.2 Å². The molecule has 1 aliphatic carbocycles. The molecule has 0 unspecified atom stereocenters. The molecular formula is C14H22N2O4. The van der Waals surface area contributed by atoms with Crippen LogP contribution in [0.1, 0.15) is 34.1 Å². The van der Waals surface area contributed by atoms with Crippen molar-refractivity contribution in [2.75, 3.05) is 6.54 Å². The van der Waals surface area contributed by atoms with Crippen LogP contribution in [0.5, 0.6) is 0 Å². The van der Waals surface area contributed by atoms with Gasteiger partial charge in [0.1, 0.15) is 5.60 Å². The highest BCUT2D eigenvalue weighted by molar-refractivity contribution is 5.71. The minimum absolute atomic E-state index is 0.182. The van der Waals surface area contributed by atoms with E-state index in [0.29, 0.717) is 6.54 Å². The van der Waals surface area contributed by atoms with Gasteiger partial charge in [0.15, 0.2) is 0 Å². The summed E-state index contributed by atoms with van der Waals surface area (Å²) < 4.78 is 5.26. The molecule has 112 valence electrons. The molecule has 0 bridgehead atoms. The fourth-order valence-corrected chi connectivity index (χ4v) is 2.55. The summed E-state index contributed by atoms with van der Waals surface area (Å²) in [7, 11) is 0. The summed E-state index contributed by atoms with van der Waals surface area (Å²) in [5, 5.41) is 12.1. The Hall–Kier alpha value is -1.72. The lowest BCUT2D eigenvalue weighted by molar-refractivity contribution is 0.0472. The average molecular weight is 282 g/mol. The quantitative estimate of drug-likeness (QED) is 0.723. The number of alkyl carbamates (subject to hydrolysis) is 1. The van der Waals surface area contributed by atoms with Gasteiger partial charge in [-0.15, -0.1) is 0 Å². The SMILES string of the molecule is C[C@@H]1C=C[C@@H]2C[C@]2(NC(=O)OC(C)(C)C)CN1C(=O)O. The predicted molar refractivity (Wildman–Crippen MR) is 73.5 cm³/mol. The van der Waals surface area contributed by atoms with E-state index in [1.165, 1.54) is 4.90 Å². The Morgan fingerprint density at radius 2 is 2.05 bits per heavy atom. The zero-order valence-electron chi connectivity index (χ0n) is 12.3. The van der Waals surface area contributed by atoms with Crippen LogP contribution in [0.4, 0.5) is 9.59 Å². The number of hydrogen-bond donors (Lipinski definition) is 2. The van der Waals surface area contributed by atoms with Gasteiger partial charge < -0.3 is 15.2 Å². The number of fused-ring (bicyclic) bond motifs is 1. The van der Waals surface area contributed by atoms with Gasteiger partial charge in [0.2, 0.25) is 0 Å². The molecule has 1 heterocycles. The van der Waals surface area contributed by atoms with Gasteiger partial charge in [-0.1, -0.05) is 12.2 Å². The van der Waals surface area contributed by atoms with E-state index in [-0.39, 0.29) is 12.0 Å². The van der Waals surface area contributed by atoms with E-state index in [1.807, 2.05) is 19.1 Å². The van der Waals surface area contributed by atoms with Crippen molar-refractivity contribution >= 4 is 12.2 Å². The average Bonchev–Trinajstić information content (AvgIpc) is 2.93. The van der Waals surface area contributed by atoms with Crippen LogP contribution in [0.25, 0.3) is 0 Å².